The highest BCUT2D eigenvalue weighted by Crippen LogP contribution is 2.38. The molecular weight excluding hydrogens is 440 g/mol. The summed E-state index contributed by atoms with van der Waals surface area (Å²) in [6.07, 6.45) is 3.91. The van der Waals surface area contributed by atoms with Crippen LogP contribution in [0, 0.1) is 23.2 Å². The lowest BCUT2D eigenvalue weighted by atomic mass is 9.73. The number of hydrogen-bond donors (Lipinski definition) is 2. The van der Waals surface area contributed by atoms with Crippen LogP contribution in [0.1, 0.15) is 37.4 Å². The van der Waals surface area contributed by atoms with E-state index in [2.05, 4.69) is 21.7 Å². The molecule has 0 bridgehead atoms. The number of pyridine rings is 1. The van der Waals surface area contributed by atoms with Gasteiger partial charge in [-0.3, -0.25) is 9.78 Å². The maximum Gasteiger partial charge on any atom is 0.225 e. The van der Waals surface area contributed by atoms with E-state index in [1.807, 2.05) is 31.2 Å². The zero-order valence-electron chi connectivity index (χ0n) is 18.8. The summed E-state index contributed by atoms with van der Waals surface area (Å²) in [6.45, 7) is 2.42. The van der Waals surface area contributed by atoms with E-state index in [1.54, 1.807) is 18.3 Å². The van der Waals surface area contributed by atoms with Crippen LogP contribution in [0.25, 0.3) is 0 Å². The fraction of sp³-hybridized carbons (Fsp3) is 0.480. The molecule has 1 aliphatic heterocycles. The third-order valence-corrected chi connectivity index (χ3v) is 7.16. The van der Waals surface area contributed by atoms with Gasteiger partial charge in [-0.1, -0.05) is 6.07 Å². The quantitative estimate of drug-likeness (QED) is 0.599. The van der Waals surface area contributed by atoms with Gasteiger partial charge in [0.15, 0.2) is 0 Å². The van der Waals surface area contributed by atoms with Crippen LogP contribution in [-0.4, -0.2) is 41.6 Å². The highest BCUT2D eigenvalue weighted by atomic mass is 35.5. The maximum absolute atomic E-state index is 13.0. The molecule has 7 nitrogen and oxygen atoms in total. The largest absolute Gasteiger partial charge is 0.495 e. The van der Waals surface area contributed by atoms with Crippen LogP contribution in [0.4, 0.5) is 5.69 Å². The van der Waals surface area contributed by atoms with Crippen molar-refractivity contribution in [3.05, 3.63) is 53.9 Å². The third-order valence-electron chi connectivity index (χ3n) is 6.70. The number of fused-ring (bicyclic) bond motifs is 1. The number of carbonyl (C=O) groups excluding carboxylic acids is 1. The molecule has 174 valence electrons. The van der Waals surface area contributed by atoms with Crippen LogP contribution in [-0.2, 0) is 16.1 Å². The first-order valence-electron chi connectivity index (χ1n) is 11.3. The van der Waals surface area contributed by atoms with Gasteiger partial charge >= 0.3 is 0 Å². The van der Waals surface area contributed by atoms with Crippen molar-refractivity contribution in [2.45, 2.75) is 56.4 Å². The Balaban J connectivity index is 1.36. The molecule has 4 rings (SSSR count). The van der Waals surface area contributed by atoms with E-state index in [4.69, 9.17) is 21.1 Å². The Labute approximate surface area is 199 Å². The van der Waals surface area contributed by atoms with E-state index >= 15 is 0 Å². The van der Waals surface area contributed by atoms with Crippen molar-refractivity contribution < 1.29 is 14.3 Å². The van der Waals surface area contributed by atoms with Gasteiger partial charge < -0.3 is 20.1 Å². The second kappa shape index (κ2) is 10.4. The fourth-order valence-corrected chi connectivity index (χ4v) is 5.28. The standard InChI is InChI=1S/C25H29ClN4O3/c1-15(29-18-7-6-16(13-27)23(11-18)32-2)20-9-17-10-21(26)24(12-22(17)30-25(20)31)33-14-19-5-3-4-8-28-19/h3-8,11,15,17,20-22,24,29H,9-10,12,14H2,1-2H3,(H,30,31). The van der Waals surface area contributed by atoms with Gasteiger partial charge in [0.2, 0.25) is 5.91 Å². The highest BCUT2D eigenvalue weighted by Gasteiger charge is 2.44. The Kier molecular flexibility index (Phi) is 7.36. The van der Waals surface area contributed by atoms with Gasteiger partial charge in [-0.05, 0) is 56.4 Å². The van der Waals surface area contributed by atoms with Gasteiger partial charge in [0.1, 0.15) is 11.8 Å². The van der Waals surface area contributed by atoms with Crippen LogP contribution in [0.5, 0.6) is 5.75 Å². The molecule has 1 aromatic heterocycles. The number of aromatic nitrogens is 1. The van der Waals surface area contributed by atoms with Gasteiger partial charge in [-0.25, -0.2) is 0 Å². The molecular formula is C25H29ClN4O3. The molecule has 1 saturated heterocycles. The third kappa shape index (κ3) is 5.40. The molecule has 1 aromatic carbocycles. The topological polar surface area (TPSA) is 96.3 Å². The highest BCUT2D eigenvalue weighted by molar-refractivity contribution is 6.21. The number of nitriles is 1. The van der Waals surface area contributed by atoms with E-state index in [0.29, 0.717) is 30.3 Å². The summed E-state index contributed by atoms with van der Waals surface area (Å²) in [6, 6.07) is 13.2. The summed E-state index contributed by atoms with van der Waals surface area (Å²) >= 11 is 6.71. The van der Waals surface area contributed by atoms with E-state index in [-0.39, 0.29) is 35.4 Å². The lowest BCUT2D eigenvalue weighted by Gasteiger charge is -2.45. The maximum atomic E-state index is 13.0. The number of amides is 1. The molecule has 8 heteroatoms. The van der Waals surface area contributed by atoms with Gasteiger partial charge in [0.25, 0.3) is 0 Å². The van der Waals surface area contributed by atoms with E-state index in [0.717, 1.165) is 24.2 Å². The van der Waals surface area contributed by atoms with Crippen LogP contribution in [0.3, 0.4) is 0 Å². The number of ether oxygens (including phenoxy) is 2. The summed E-state index contributed by atoms with van der Waals surface area (Å²) < 4.78 is 11.4. The summed E-state index contributed by atoms with van der Waals surface area (Å²) in [4.78, 5) is 17.3. The molecule has 6 atom stereocenters. The van der Waals surface area contributed by atoms with E-state index in [9.17, 15) is 10.1 Å². The molecule has 2 heterocycles. The van der Waals surface area contributed by atoms with Crippen LogP contribution in [0.15, 0.2) is 42.6 Å². The molecule has 2 N–H and O–H groups in total. The Morgan fingerprint density at radius 1 is 1.30 bits per heavy atom. The van der Waals surface area contributed by atoms with Crippen molar-refractivity contribution in [1.82, 2.24) is 10.3 Å². The minimum absolute atomic E-state index is 0.0494. The van der Waals surface area contributed by atoms with Crippen LogP contribution >= 0.6 is 11.6 Å². The van der Waals surface area contributed by atoms with Crippen LogP contribution < -0.4 is 15.4 Å². The molecule has 1 amide bonds. The number of alkyl halides is 1. The second-order valence-corrected chi connectivity index (χ2v) is 9.40. The van der Waals surface area contributed by atoms with Gasteiger partial charge in [-0.15, -0.1) is 11.6 Å². The van der Waals surface area contributed by atoms with Gasteiger partial charge in [0, 0.05) is 30.0 Å². The number of benzene rings is 1. The number of nitrogens with one attached hydrogen (secondary N) is 2. The van der Waals surface area contributed by atoms with Crippen molar-refractivity contribution in [3.63, 3.8) is 0 Å². The molecule has 33 heavy (non-hydrogen) atoms. The van der Waals surface area contributed by atoms with Crippen molar-refractivity contribution in [1.29, 1.82) is 5.26 Å². The first-order chi connectivity index (χ1) is 16.0. The number of piperidine rings is 1. The van der Waals surface area contributed by atoms with Crippen molar-refractivity contribution >= 4 is 23.2 Å². The lowest BCUT2D eigenvalue weighted by molar-refractivity contribution is -0.131. The Morgan fingerprint density at radius 2 is 2.15 bits per heavy atom. The smallest absolute Gasteiger partial charge is 0.225 e. The Bertz CT molecular complexity index is 1010. The average Bonchev–Trinajstić information content (AvgIpc) is 2.83. The number of hydrogen-bond acceptors (Lipinski definition) is 6. The normalized spacial score (nSPS) is 27.6. The molecule has 0 spiro atoms. The summed E-state index contributed by atoms with van der Waals surface area (Å²) in [5, 5.41) is 15.7. The molecule has 2 aromatic rings. The second-order valence-electron chi connectivity index (χ2n) is 8.84. The lowest BCUT2D eigenvalue weighted by Crippen LogP contribution is -2.57. The molecule has 6 unspecified atom stereocenters. The minimum atomic E-state index is -0.178. The summed E-state index contributed by atoms with van der Waals surface area (Å²) in [5.74, 6) is 0.692. The molecule has 2 aliphatic rings. The van der Waals surface area contributed by atoms with Crippen molar-refractivity contribution in [2.75, 3.05) is 12.4 Å². The minimum Gasteiger partial charge on any atom is -0.495 e. The van der Waals surface area contributed by atoms with E-state index < -0.39 is 0 Å². The van der Waals surface area contributed by atoms with Gasteiger partial charge in [-0.2, -0.15) is 5.26 Å². The molecule has 1 saturated carbocycles. The zero-order chi connectivity index (χ0) is 23.4. The van der Waals surface area contributed by atoms with Crippen LogP contribution in [0.2, 0.25) is 0 Å². The van der Waals surface area contributed by atoms with Crippen molar-refractivity contribution in [2.24, 2.45) is 11.8 Å². The first-order valence-corrected chi connectivity index (χ1v) is 11.7. The number of halogens is 1. The van der Waals surface area contributed by atoms with E-state index in [1.165, 1.54) is 7.11 Å². The Hall–Kier alpha value is -2.82. The van der Waals surface area contributed by atoms with Crippen molar-refractivity contribution in [3.8, 4) is 11.8 Å². The monoisotopic (exact) mass is 468 g/mol. The predicted molar refractivity (Wildman–Crippen MR) is 126 cm³/mol. The molecule has 0 radical (unpaired) electrons. The SMILES string of the molecule is COc1cc(NC(C)C2CC3CC(Cl)C(OCc4ccccn4)CC3NC2=O)ccc1C#N. The predicted octanol–water partition coefficient (Wildman–Crippen LogP) is 3.87. The summed E-state index contributed by atoms with van der Waals surface area (Å²) in [5.41, 5.74) is 2.16. The average molecular weight is 469 g/mol. The summed E-state index contributed by atoms with van der Waals surface area (Å²) in [7, 11) is 1.54. The zero-order valence-corrected chi connectivity index (χ0v) is 19.6. The first kappa shape index (κ1) is 23.3. The van der Waals surface area contributed by atoms with Gasteiger partial charge in [0.05, 0.1) is 42.4 Å². The number of nitrogens with zero attached hydrogens (tertiary/aromatic N) is 2. The number of methoxy groups -OCH3 is 1. The fourth-order valence-electron chi connectivity index (χ4n) is 4.87. The number of rotatable bonds is 7. The molecule has 1 aliphatic carbocycles. The number of carbonyl (C=O) groups is 1. The molecule has 2 fully saturated rings. The Morgan fingerprint density at radius 3 is 2.88 bits per heavy atom. The number of anilines is 1.